The van der Waals surface area contributed by atoms with Gasteiger partial charge in [0.15, 0.2) is 104 Å². The second kappa shape index (κ2) is 49.1. The summed E-state index contributed by atoms with van der Waals surface area (Å²) in [5.41, 5.74) is 36.6. The number of ketones is 3. The van der Waals surface area contributed by atoms with Crippen LogP contribution in [0.1, 0.15) is 132 Å². The fourth-order valence-corrected chi connectivity index (χ4v) is 19.8. The molecule has 6 aliphatic heterocycles. The van der Waals surface area contributed by atoms with Crippen molar-refractivity contribution in [2.75, 3.05) is 105 Å². The summed E-state index contributed by atoms with van der Waals surface area (Å²) < 4.78 is 22.9. The highest BCUT2D eigenvalue weighted by Crippen LogP contribution is 2.49. The van der Waals surface area contributed by atoms with Gasteiger partial charge in [-0.05, 0) is 67.2 Å². The molecule has 6 aliphatic rings. The summed E-state index contributed by atoms with van der Waals surface area (Å²) in [6.45, 7) is 17.4. The maximum absolute atomic E-state index is 13.4. The highest BCUT2D eigenvalue weighted by Gasteiger charge is 2.58. The van der Waals surface area contributed by atoms with E-state index in [1.165, 1.54) is 87.7 Å². The molecule has 0 bridgehead atoms. The Morgan fingerprint density at radius 1 is 0.403 bits per heavy atom. The molecule has 3 saturated heterocycles. The lowest BCUT2D eigenvalue weighted by molar-refractivity contribution is -0.765. The van der Waals surface area contributed by atoms with E-state index in [4.69, 9.17) is 54.6 Å². The predicted octanol–water partition coefficient (Wildman–Crippen LogP) is 0.454. The number of β-lactam (4-membered cyclic amide) rings is 3. The summed E-state index contributed by atoms with van der Waals surface area (Å²) in [4.78, 5) is 230. The van der Waals surface area contributed by atoms with Crippen LogP contribution in [0.5, 0.6) is 0 Å². The molecule has 66 heteroatoms. The van der Waals surface area contributed by atoms with Crippen LogP contribution in [0, 0.1) is 17.8 Å². The van der Waals surface area contributed by atoms with E-state index >= 15 is 0 Å². The van der Waals surface area contributed by atoms with Gasteiger partial charge in [0.25, 0.3) is 0 Å². The first kappa shape index (κ1) is 115. The Bertz CT molecular complexity index is 6040. The Morgan fingerprint density at radius 2 is 0.651 bits per heavy atom. The fraction of sp³-hybridized carbons (Fsp3) is 0.482. The number of oxime groups is 3. The Balaban J connectivity index is 0.000000214. The second-order valence-electron chi connectivity index (χ2n) is 34.8. The number of aliphatic carboxylic acids is 6. The molecule has 7 aromatic rings. The minimum Gasteiger partial charge on any atom is -0.478 e. The van der Waals surface area contributed by atoms with Crippen LogP contribution in [0.4, 0.5) is 80.6 Å². The van der Waals surface area contributed by atoms with Crippen LogP contribution in [0.15, 0.2) is 74.1 Å². The number of amides is 11. The van der Waals surface area contributed by atoms with Crippen molar-refractivity contribution in [1.29, 1.82) is 0 Å². The Labute approximate surface area is 871 Å². The van der Waals surface area contributed by atoms with Crippen LogP contribution < -0.4 is 96.7 Å². The zero-order chi connectivity index (χ0) is 110. The van der Waals surface area contributed by atoms with E-state index in [9.17, 15) is 107 Å². The summed E-state index contributed by atoms with van der Waals surface area (Å²) in [6, 6.07) is -1.57. The number of carboxylic acids is 6. The number of carbonyl (C=O) groups excluding carboxylic acids is 10. The van der Waals surface area contributed by atoms with Gasteiger partial charge in [0.1, 0.15) is 28.6 Å². The van der Waals surface area contributed by atoms with Gasteiger partial charge < -0.3 is 112 Å². The van der Waals surface area contributed by atoms with Gasteiger partial charge in [-0.2, -0.15) is 33.2 Å². The van der Waals surface area contributed by atoms with Crippen molar-refractivity contribution in [2.45, 2.75) is 167 Å². The summed E-state index contributed by atoms with van der Waals surface area (Å²) in [5.74, 6) is -13.3. The lowest BCUT2D eigenvalue weighted by Crippen LogP contribution is -2.62. The molecule has 804 valence electrons. The standard InChI is InChI=1S/3C25H32N10O8S2.C8H15N5O/c3*1-5-6-28-24(42)29-13-9-34(33(4)17(13)26)8-11-10-44-20-12(19(37)35(20)16(11)21(38)39)7-14(36)15(18-30-23(27)45-32-18)31-43-25(2,3)22(40)41;1-3-4-10-8(14)12-6-5-11-13(2)7(6)9/h3*9,12,20,26H,5-8,10H2,1-4H3,(H6,27,28,29,30,32,38,39,40,41,42);5H,3-4,9H2,1-2H3,(H2,10,12,14)/p+3/b3*31-15+;/t3*12-,20?;/m110./s1. The highest BCUT2D eigenvalue weighted by molar-refractivity contribution is 8.00. The number of nitrogens with one attached hydrogen (secondary N) is 8. The molecule has 149 heavy (non-hydrogen) atoms. The molecule has 7 aromatic heterocycles. The molecular formula is C83H114N35O25S6+3. The number of hydrogen-bond donors (Lipinski definition) is 21. The number of aryl methyl sites for hydroxylation is 1. The molecule has 11 amide bonds. The van der Waals surface area contributed by atoms with E-state index in [0.29, 0.717) is 71.5 Å². The lowest BCUT2D eigenvalue weighted by atomic mass is 9.89. The number of carboxylic acid groups (broad SMARTS) is 6. The summed E-state index contributed by atoms with van der Waals surface area (Å²) in [6.07, 6.45) is 8.20. The first-order valence-corrected chi connectivity index (χ1v) is 50.7. The predicted molar refractivity (Wildman–Crippen MR) is 541 cm³/mol. The maximum Gasteiger partial charge on any atom is 0.352 e. The SMILES string of the molecule is CCCNC(=O)Nc1c[n+](CC2=C(C(=O)O)N3C(=O)[C@@H](CC(=O)/C(=N\OC(C)(C)C(=O)O)c4nsc(N)n4)C3SC2)n(C)c1N.CCCNC(=O)Nc1c[n+](CC2=C(C(=O)O)N3C(=O)[C@@H](CC(=O)/C(=N\OC(C)(C)C(=O)O)c4nsc(N)n4)C3SC2)n(C)c1N.CCCNC(=O)Nc1c[n+](CC2=C(C(=O)O)N3C(=O)[C@H](CC(=O)/C(=N\OC(C)(C)C(=O)O)c4nsc(N)n4)C3SC2)n(C)c1N.CCCNC(=O)Nc1cnn(C)c1N. The van der Waals surface area contributed by atoms with E-state index in [-0.39, 0.29) is 130 Å². The third kappa shape index (κ3) is 27.1. The number of nitrogens with two attached hydrogens (primary N) is 7. The van der Waals surface area contributed by atoms with Crippen molar-refractivity contribution in [2.24, 2.45) is 61.4 Å². The van der Waals surface area contributed by atoms with Crippen LogP contribution in [-0.4, -0.2) is 286 Å². The van der Waals surface area contributed by atoms with Crippen molar-refractivity contribution in [1.82, 2.24) is 87.9 Å². The van der Waals surface area contributed by atoms with Crippen LogP contribution in [0.3, 0.4) is 0 Å². The van der Waals surface area contributed by atoms with Crippen molar-refractivity contribution in [3.8, 4) is 0 Å². The average molecular weight is 2190 g/mol. The molecule has 13 heterocycles. The molecule has 3 fully saturated rings. The number of thioether (sulfide) groups is 3. The lowest BCUT2D eigenvalue weighted by Gasteiger charge is -2.49. The van der Waals surface area contributed by atoms with Gasteiger partial charge in [-0.25, -0.2) is 47.9 Å². The molecule has 3 unspecified atom stereocenters. The number of urea groups is 4. The number of fused-ring (bicyclic) bond motifs is 3. The van der Waals surface area contributed by atoms with Crippen LogP contribution in [0.25, 0.3) is 0 Å². The van der Waals surface area contributed by atoms with E-state index in [0.717, 1.165) is 75.0 Å². The number of nitrogen functional groups attached to an aromatic ring is 7. The molecule has 0 spiro atoms. The van der Waals surface area contributed by atoms with Crippen LogP contribution >= 0.6 is 69.9 Å². The summed E-state index contributed by atoms with van der Waals surface area (Å²) in [7, 11) is 6.65. The van der Waals surface area contributed by atoms with E-state index in [1.54, 1.807) is 74.9 Å². The minimum absolute atomic E-state index is 0.0287. The number of hydrogen-bond acceptors (Lipinski definition) is 42. The van der Waals surface area contributed by atoms with Gasteiger partial charge in [0.05, 0.1) is 61.2 Å². The van der Waals surface area contributed by atoms with Gasteiger partial charge in [-0.3, -0.25) is 64.1 Å². The number of aromatic nitrogens is 14. The zero-order valence-corrected chi connectivity index (χ0v) is 87.6. The molecule has 13 rings (SSSR count). The Hall–Kier alpha value is -15.9. The van der Waals surface area contributed by atoms with Gasteiger partial charge >= 0.3 is 59.9 Å². The molecule has 0 aromatic carbocycles. The number of Topliss-reactive ketones (excluding diaryl/α,β-unsaturated/α-hetero) is 3. The van der Waals surface area contributed by atoms with E-state index < -0.39 is 157 Å². The maximum atomic E-state index is 13.4. The molecule has 0 aliphatic carbocycles. The molecule has 0 saturated carbocycles. The monoisotopic (exact) mass is 2190 g/mol. The minimum atomic E-state index is -1.79. The Kier molecular flexibility index (Phi) is 37.9. The van der Waals surface area contributed by atoms with Crippen molar-refractivity contribution in [3.63, 3.8) is 0 Å². The third-order valence-corrected chi connectivity index (χ3v) is 28.5. The topological polar surface area (TPSA) is 869 Å². The molecule has 28 N–H and O–H groups in total. The van der Waals surface area contributed by atoms with Crippen LogP contribution in [-0.2, 0) is 120 Å². The van der Waals surface area contributed by atoms with Gasteiger partial charge in [0.2, 0.25) is 70.6 Å². The average Bonchev–Trinajstić information content (AvgIpc) is 1.71. The highest BCUT2D eigenvalue weighted by atomic mass is 32.2. The van der Waals surface area contributed by atoms with Crippen LogP contribution in [0.2, 0.25) is 0 Å². The number of anilines is 11. The Morgan fingerprint density at radius 3 is 0.859 bits per heavy atom. The van der Waals surface area contributed by atoms with Gasteiger partial charge in [-0.15, -0.1) is 63.4 Å². The fourth-order valence-electron chi connectivity index (χ4n) is 14.3. The number of nitrogens with zero attached hydrogens (tertiary/aromatic N) is 20. The molecule has 0 radical (unpaired) electrons. The smallest absolute Gasteiger partial charge is 0.352 e. The van der Waals surface area contributed by atoms with Gasteiger partial charge in [0, 0.05) is 121 Å². The normalized spacial score (nSPS) is 17.5. The first-order valence-electron chi connectivity index (χ1n) is 45.2. The summed E-state index contributed by atoms with van der Waals surface area (Å²) >= 11 is 6.21. The van der Waals surface area contributed by atoms with Crippen molar-refractivity contribution in [3.05, 3.63) is 76.1 Å². The third-order valence-electron chi connectivity index (χ3n) is 22.7. The molecule has 60 nitrogen and oxygen atoms in total. The largest absolute Gasteiger partial charge is 0.478 e. The quantitative estimate of drug-likeness (QED) is 0.0107. The number of carbonyl (C=O) groups is 16. The van der Waals surface area contributed by atoms with Crippen molar-refractivity contribution < 1.29 is 136 Å². The second-order valence-corrected chi connectivity index (χ2v) is 40.5. The van der Waals surface area contributed by atoms with Crippen molar-refractivity contribution >= 4 is 243 Å². The molecule has 6 atom stereocenters. The first-order chi connectivity index (χ1) is 70.1. The number of rotatable bonds is 42. The van der Waals surface area contributed by atoms with E-state index in [1.807, 2.05) is 27.7 Å². The summed E-state index contributed by atoms with van der Waals surface area (Å²) in [5, 5.41) is 92.9. The zero-order valence-electron chi connectivity index (χ0n) is 82.7. The molecular weight excluding hydrogens is 2080 g/mol. The van der Waals surface area contributed by atoms with E-state index in [2.05, 4.69) is 91.2 Å². The van der Waals surface area contributed by atoms with Gasteiger partial charge in [-0.1, -0.05) is 43.2 Å².